The lowest BCUT2D eigenvalue weighted by molar-refractivity contribution is -0.140. The van der Waals surface area contributed by atoms with Gasteiger partial charge in [-0.25, -0.2) is 0 Å². The molecule has 0 N–H and O–H groups in total. The van der Waals surface area contributed by atoms with E-state index in [1.807, 2.05) is 30.3 Å². The maximum atomic E-state index is 12.7. The molecule has 0 aromatic heterocycles. The minimum atomic E-state index is -0.106. The smallest absolute Gasteiger partial charge is 0.262 e. The van der Waals surface area contributed by atoms with Crippen LogP contribution in [0.2, 0.25) is 0 Å². The van der Waals surface area contributed by atoms with Gasteiger partial charge in [-0.3, -0.25) is 14.5 Å². The summed E-state index contributed by atoms with van der Waals surface area (Å²) in [5, 5.41) is 0. The number of benzene rings is 1. The average molecular weight is 269 g/mol. The zero-order chi connectivity index (χ0) is 14.1. The molecule has 1 aromatic carbocycles. The molecule has 1 saturated carbocycles. The van der Waals surface area contributed by atoms with Crippen LogP contribution in [0.15, 0.2) is 35.9 Å². The second-order valence-corrected chi connectivity index (χ2v) is 5.64. The number of rotatable bonds is 2. The Bertz CT molecular complexity index is 568. The normalized spacial score (nSPS) is 20.9. The van der Waals surface area contributed by atoms with E-state index in [-0.39, 0.29) is 17.9 Å². The lowest BCUT2D eigenvalue weighted by Gasteiger charge is -2.29. The van der Waals surface area contributed by atoms with Gasteiger partial charge in [0.15, 0.2) is 0 Å². The predicted octanol–water partition coefficient (Wildman–Crippen LogP) is 3.16. The zero-order valence-corrected chi connectivity index (χ0v) is 11.8. The van der Waals surface area contributed by atoms with Crippen molar-refractivity contribution < 1.29 is 9.59 Å². The molecule has 104 valence electrons. The Labute approximate surface area is 119 Å². The van der Waals surface area contributed by atoms with E-state index < -0.39 is 0 Å². The van der Waals surface area contributed by atoms with E-state index in [1.54, 1.807) is 6.92 Å². The molecular formula is C17H19NO2. The summed E-state index contributed by atoms with van der Waals surface area (Å²) >= 11 is 0. The Balaban J connectivity index is 1.93. The Morgan fingerprint density at radius 3 is 2.25 bits per heavy atom. The van der Waals surface area contributed by atoms with Gasteiger partial charge < -0.3 is 0 Å². The van der Waals surface area contributed by atoms with Crippen molar-refractivity contribution in [1.29, 1.82) is 0 Å². The van der Waals surface area contributed by atoms with Gasteiger partial charge in [0, 0.05) is 11.6 Å². The van der Waals surface area contributed by atoms with Gasteiger partial charge in [-0.05, 0) is 25.3 Å². The van der Waals surface area contributed by atoms with Crippen LogP contribution in [0, 0.1) is 0 Å². The van der Waals surface area contributed by atoms with Crippen LogP contribution in [0.5, 0.6) is 0 Å². The summed E-state index contributed by atoms with van der Waals surface area (Å²) in [4.78, 5) is 26.6. The number of nitrogens with zero attached hydrogens (tertiary/aromatic N) is 1. The van der Waals surface area contributed by atoms with Crippen LogP contribution in [0.25, 0.3) is 5.57 Å². The van der Waals surface area contributed by atoms with Gasteiger partial charge in [-0.15, -0.1) is 0 Å². The molecule has 3 nitrogen and oxygen atoms in total. The van der Waals surface area contributed by atoms with E-state index in [1.165, 1.54) is 11.3 Å². The fourth-order valence-corrected chi connectivity index (χ4v) is 3.28. The molecule has 0 spiro atoms. The van der Waals surface area contributed by atoms with Crippen molar-refractivity contribution in [2.45, 2.75) is 45.1 Å². The zero-order valence-electron chi connectivity index (χ0n) is 11.8. The Kier molecular flexibility index (Phi) is 3.43. The second-order valence-electron chi connectivity index (χ2n) is 5.64. The maximum Gasteiger partial charge on any atom is 0.262 e. The molecule has 1 heterocycles. The number of imide groups is 1. The first-order valence-corrected chi connectivity index (χ1v) is 7.34. The van der Waals surface area contributed by atoms with Gasteiger partial charge in [-0.1, -0.05) is 49.6 Å². The summed E-state index contributed by atoms with van der Waals surface area (Å²) in [6, 6.07) is 9.61. The van der Waals surface area contributed by atoms with E-state index in [9.17, 15) is 9.59 Å². The summed E-state index contributed by atoms with van der Waals surface area (Å²) in [7, 11) is 0. The fraction of sp³-hybridized carbons (Fsp3) is 0.412. The van der Waals surface area contributed by atoms with Gasteiger partial charge in [0.25, 0.3) is 11.8 Å². The number of hydrogen-bond acceptors (Lipinski definition) is 2. The molecule has 1 aromatic rings. The summed E-state index contributed by atoms with van der Waals surface area (Å²) in [5.41, 5.74) is 2.02. The highest BCUT2D eigenvalue weighted by Gasteiger charge is 2.40. The number of carbonyl (C=O) groups excluding carboxylic acids is 2. The van der Waals surface area contributed by atoms with Crippen LogP contribution in [0.3, 0.4) is 0 Å². The quantitative estimate of drug-likeness (QED) is 0.773. The van der Waals surface area contributed by atoms with Crippen LogP contribution in [0.1, 0.15) is 44.6 Å². The molecule has 2 amide bonds. The SMILES string of the molecule is CC1=C(c2ccccc2)C(=O)N(C2CCCCC2)C1=O. The highest BCUT2D eigenvalue weighted by molar-refractivity contribution is 6.35. The summed E-state index contributed by atoms with van der Waals surface area (Å²) < 4.78 is 0. The number of carbonyl (C=O) groups is 2. The van der Waals surface area contributed by atoms with Gasteiger partial charge in [0.1, 0.15) is 0 Å². The van der Waals surface area contributed by atoms with Gasteiger partial charge in [0.05, 0.1) is 5.57 Å². The molecule has 3 heteroatoms. The van der Waals surface area contributed by atoms with Crippen LogP contribution >= 0.6 is 0 Å². The standard InChI is InChI=1S/C17H19NO2/c1-12-15(13-8-4-2-5-9-13)17(20)18(16(12)19)14-10-6-3-7-11-14/h2,4-5,8-9,14H,3,6-7,10-11H2,1H3. The first kappa shape index (κ1) is 13.1. The van der Waals surface area contributed by atoms with Crippen molar-refractivity contribution in [2.24, 2.45) is 0 Å². The molecule has 1 aliphatic carbocycles. The Morgan fingerprint density at radius 1 is 0.950 bits per heavy atom. The monoisotopic (exact) mass is 269 g/mol. The van der Waals surface area contributed by atoms with Gasteiger partial charge in [-0.2, -0.15) is 0 Å². The predicted molar refractivity (Wildman–Crippen MR) is 77.8 cm³/mol. The number of amides is 2. The number of hydrogen-bond donors (Lipinski definition) is 0. The topological polar surface area (TPSA) is 37.4 Å². The maximum absolute atomic E-state index is 12.7. The third kappa shape index (κ3) is 2.07. The van der Waals surface area contributed by atoms with Gasteiger partial charge in [0.2, 0.25) is 0 Å². The molecule has 2 aliphatic rings. The molecule has 0 saturated heterocycles. The van der Waals surface area contributed by atoms with Crippen molar-refractivity contribution in [3.05, 3.63) is 41.5 Å². The summed E-state index contributed by atoms with van der Waals surface area (Å²) in [5.74, 6) is -0.202. The lowest BCUT2D eigenvalue weighted by atomic mass is 9.94. The molecule has 20 heavy (non-hydrogen) atoms. The van der Waals surface area contributed by atoms with Crippen LogP contribution in [0.4, 0.5) is 0 Å². The first-order chi connectivity index (χ1) is 9.70. The molecule has 1 aliphatic heterocycles. The molecule has 0 atom stereocenters. The fourth-order valence-electron chi connectivity index (χ4n) is 3.28. The highest BCUT2D eigenvalue weighted by atomic mass is 16.2. The summed E-state index contributed by atoms with van der Waals surface area (Å²) in [6.07, 6.45) is 5.34. The van der Waals surface area contributed by atoms with Gasteiger partial charge >= 0.3 is 0 Å². The third-order valence-electron chi connectivity index (χ3n) is 4.35. The van der Waals surface area contributed by atoms with E-state index >= 15 is 0 Å². The summed E-state index contributed by atoms with van der Waals surface area (Å²) in [6.45, 7) is 1.77. The average Bonchev–Trinajstić information content (AvgIpc) is 2.71. The van der Waals surface area contributed by atoms with Crippen molar-refractivity contribution in [3.63, 3.8) is 0 Å². The Hall–Kier alpha value is -1.90. The third-order valence-corrected chi connectivity index (χ3v) is 4.35. The second kappa shape index (κ2) is 5.23. The van der Waals surface area contributed by atoms with Crippen molar-refractivity contribution in [1.82, 2.24) is 4.90 Å². The molecular weight excluding hydrogens is 250 g/mol. The van der Waals surface area contributed by atoms with Crippen LogP contribution < -0.4 is 0 Å². The van der Waals surface area contributed by atoms with E-state index in [4.69, 9.17) is 0 Å². The molecule has 0 bridgehead atoms. The van der Waals surface area contributed by atoms with Crippen LogP contribution in [-0.2, 0) is 9.59 Å². The van der Waals surface area contributed by atoms with E-state index in [0.29, 0.717) is 11.1 Å². The van der Waals surface area contributed by atoms with E-state index in [2.05, 4.69) is 0 Å². The Morgan fingerprint density at radius 2 is 1.60 bits per heavy atom. The minimum Gasteiger partial charge on any atom is -0.272 e. The van der Waals surface area contributed by atoms with E-state index in [0.717, 1.165) is 31.2 Å². The van der Waals surface area contributed by atoms with Crippen molar-refractivity contribution in [2.75, 3.05) is 0 Å². The molecule has 0 unspecified atom stereocenters. The largest absolute Gasteiger partial charge is 0.272 e. The molecule has 3 rings (SSSR count). The van der Waals surface area contributed by atoms with Crippen LogP contribution in [-0.4, -0.2) is 22.8 Å². The van der Waals surface area contributed by atoms with Crippen molar-refractivity contribution in [3.8, 4) is 0 Å². The molecule has 1 fully saturated rings. The highest BCUT2D eigenvalue weighted by Crippen LogP contribution is 2.34. The minimum absolute atomic E-state index is 0.0965. The first-order valence-electron chi connectivity index (χ1n) is 7.34. The molecule has 0 radical (unpaired) electrons. The lowest BCUT2D eigenvalue weighted by Crippen LogP contribution is -2.42. The van der Waals surface area contributed by atoms with Crippen molar-refractivity contribution >= 4 is 17.4 Å².